The number of nitrogens with one attached hydrogen (secondary N) is 1. The molecule has 0 aliphatic carbocycles. The van der Waals surface area contributed by atoms with E-state index in [0.717, 1.165) is 17.0 Å². The number of hydrogen-bond donors (Lipinski definition) is 1. The van der Waals surface area contributed by atoms with Crippen LogP contribution in [0.5, 0.6) is 11.5 Å². The van der Waals surface area contributed by atoms with Crippen LogP contribution in [0.1, 0.15) is 12.5 Å². The summed E-state index contributed by atoms with van der Waals surface area (Å²) in [7, 11) is 0. The lowest BCUT2D eigenvalue weighted by molar-refractivity contribution is -0.122. The average Bonchev–Trinajstić information content (AvgIpc) is 2.73. The fraction of sp³-hybridized carbons (Fsp3) is 0.143. The van der Waals surface area contributed by atoms with Crippen molar-refractivity contribution in [1.29, 1.82) is 5.26 Å². The first-order valence-corrected chi connectivity index (χ1v) is 9.78. The quantitative estimate of drug-likeness (QED) is 0.492. The Labute approximate surface area is 185 Å². The van der Waals surface area contributed by atoms with Crippen LogP contribution in [-0.4, -0.2) is 31.1 Å². The fourth-order valence-corrected chi connectivity index (χ4v) is 3.23. The molecule has 1 N–H and O–H groups in total. The van der Waals surface area contributed by atoms with E-state index in [9.17, 15) is 18.8 Å². The van der Waals surface area contributed by atoms with Crippen LogP contribution in [0.2, 0.25) is 0 Å². The van der Waals surface area contributed by atoms with Gasteiger partial charge < -0.3 is 9.47 Å². The summed E-state index contributed by atoms with van der Waals surface area (Å²) >= 11 is 3.34. The molecule has 0 atom stereocenters. The topological polar surface area (TPSA) is 109 Å². The zero-order valence-electron chi connectivity index (χ0n) is 16.1. The van der Waals surface area contributed by atoms with E-state index in [0.29, 0.717) is 28.1 Å². The number of halogens is 2. The van der Waals surface area contributed by atoms with Gasteiger partial charge in [0.2, 0.25) is 0 Å². The van der Waals surface area contributed by atoms with E-state index in [1.54, 1.807) is 13.0 Å². The molecule has 0 unspecified atom stereocenters. The van der Waals surface area contributed by atoms with Crippen molar-refractivity contribution >= 4 is 45.5 Å². The standard InChI is InChI=1S/C21H15BrFN3O5/c1-2-30-17-10-12(16(22)11-18(17)31-8-7-24)9-15-19(27)25-21(29)26(20(15)28)14-5-3-13(23)4-6-14/h3-6,9-11H,2,8H2,1H3,(H,25,27,29)/b15-9+. The van der Waals surface area contributed by atoms with Gasteiger partial charge in [0.15, 0.2) is 18.1 Å². The predicted molar refractivity (Wildman–Crippen MR) is 112 cm³/mol. The molecule has 4 amide bonds. The first-order valence-electron chi connectivity index (χ1n) is 8.98. The molecule has 158 valence electrons. The van der Waals surface area contributed by atoms with Crippen molar-refractivity contribution in [3.63, 3.8) is 0 Å². The molecule has 10 heteroatoms. The molecule has 1 fully saturated rings. The van der Waals surface area contributed by atoms with Crippen LogP contribution in [0.15, 0.2) is 46.4 Å². The number of imide groups is 2. The van der Waals surface area contributed by atoms with Gasteiger partial charge in [0.1, 0.15) is 17.5 Å². The molecule has 0 saturated carbocycles. The van der Waals surface area contributed by atoms with Gasteiger partial charge in [-0.25, -0.2) is 14.1 Å². The third-order valence-electron chi connectivity index (χ3n) is 4.14. The number of benzene rings is 2. The van der Waals surface area contributed by atoms with E-state index in [1.165, 1.54) is 24.3 Å². The molecule has 2 aromatic carbocycles. The normalized spacial score (nSPS) is 15.0. The van der Waals surface area contributed by atoms with Crippen LogP contribution in [0.25, 0.3) is 6.08 Å². The third-order valence-corrected chi connectivity index (χ3v) is 4.83. The van der Waals surface area contributed by atoms with E-state index in [2.05, 4.69) is 21.2 Å². The molecule has 0 radical (unpaired) electrons. The molecule has 2 aromatic rings. The molecule has 3 rings (SSSR count). The minimum Gasteiger partial charge on any atom is -0.490 e. The third kappa shape index (κ3) is 4.73. The maximum atomic E-state index is 13.2. The summed E-state index contributed by atoms with van der Waals surface area (Å²) in [5.74, 6) is -1.66. The summed E-state index contributed by atoms with van der Waals surface area (Å²) in [6.07, 6.45) is 1.29. The molecule has 31 heavy (non-hydrogen) atoms. The zero-order chi connectivity index (χ0) is 22.5. The number of ether oxygens (including phenoxy) is 2. The summed E-state index contributed by atoms with van der Waals surface area (Å²) in [4.78, 5) is 38.3. The summed E-state index contributed by atoms with van der Waals surface area (Å²) in [6.45, 7) is 1.88. The Hall–Kier alpha value is -3.71. The Kier molecular flexibility index (Phi) is 6.67. The predicted octanol–water partition coefficient (Wildman–Crippen LogP) is 3.56. The Morgan fingerprint density at radius 1 is 1.16 bits per heavy atom. The largest absolute Gasteiger partial charge is 0.490 e. The summed E-state index contributed by atoms with van der Waals surface area (Å²) in [6, 6.07) is 8.71. The molecule has 1 heterocycles. The summed E-state index contributed by atoms with van der Waals surface area (Å²) in [5, 5.41) is 10.8. The highest BCUT2D eigenvalue weighted by Gasteiger charge is 2.37. The van der Waals surface area contributed by atoms with Crippen molar-refractivity contribution in [2.24, 2.45) is 0 Å². The molecule has 1 saturated heterocycles. The number of nitriles is 1. The van der Waals surface area contributed by atoms with E-state index in [-0.39, 0.29) is 17.9 Å². The van der Waals surface area contributed by atoms with Gasteiger partial charge in [-0.3, -0.25) is 14.9 Å². The number of barbiturate groups is 1. The van der Waals surface area contributed by atoms with Gasteiger partial charge in [0.25, 0.3) is 11.8 Å². The van der Waals surface area contributed by atoms with Gasteiger partial charge in [-0.1, -0.05) is 15.9 Å². The van der Waals surface area contributed by atoms with E-state index in [4.69, 9.17) is 14.7 Å². The average molecular weight is 488 g/mol. The Morgan fingerprint density at radius 2 is 1.84 bits per heavy atom. The Balaban J connectivity index is 2.02. The van der Waals surface area contributed by atoms with Crippen molar-refractivity contribution < 1.29 is 28.2 Å². The number of carbonyl (C=O) groups excluding carboxylic acids is 3. The zero-order valence-corrected chi connectivity index (χ0v) is 17.7. The Morgan fingerprint density at radius 3 is 2.48 bits per heavy atom. The van der Waals surface area contributed by atoms with E-state index >= 15 is 0 Å². The van der Waals surface area contributed by atoms with Crippen LogP contribution < -0.4 is 19.7 Å². The summed E-state index contributed by atoms with van der Waals surface area (Å²) in [5.41, 5.74) is 0.203. The molecule has 1 aliphatic rings. The van der Waals surface area contributed by atoms with E-state index in [1.807, 2.05) is 6.07 Å². The smallest absolute Gasteiger partial charge is 0.335 e. The lowest BCUT2D eigenvalue weighted by Gasteiger charge is -2.26. The lowest BCUT2D eigenvalue weighted by Crippen LogP contribution is -2.54. The van der Waals surface area contributed by atoms with Crippen molar-refractivity contribution in [3.8, 4) is 17.6 Å². The lowest BCUT2D eigenvalue weighted by atomic mass is 10.1. The maximum Gasteiger partial charge on any atom is 0.335 e. The molecule has 1 aliphatic heterocycles. The first-order chi connectivity index (χ1) is 14.8. The van der Waals surface area contributed by atoms with Crippen LogP contribution in [0.4, 0.5) is 14.9 Å². The van der Waals surface area contributed by atoms with Crippen molar-refractivity contribution in [3.05, 3.63) is 57.8 Å². The molecule has 0 aromatic heterocycles. The summed E-state index contributed by atoms with van der Waals surface area (Å²) < 4.78 is 24.5. The molecule has 8 nitrogen and oxygen atoms in total. The molecular formula is C21H15BrFN3O5. The van der Waals surface area contributed by atoms with Crippen LogP contribution in [-0.2, 0) is 9.59 Å². The second kappa shape index (κ2) is 9.40. The highest BCUT2D eigenvalue weighted by Crippen LogP contribution is 2.35. The molecule has 0 spiro atoms. The number of nitrogens with zero attached hydrogens (tertiary/aromatic N) is 2. The fourth-order valence-electron chi connectivity index (χ4n) is 2.79. The number of rotatable bonds is 6. The van der Waals surface area contributed by atoms with Crippen molar-refractivity contribution in [1.82, 2.24) is 5.32 Å². The van der Waals surface area contributed by atoms with E-state index < -0.39 is 23.7 Å². The van der Waals surface area contributed by atoms with Gasteiger partial charge >= 0.3 is 6.03 Å². The SMILES string of the molecule is CCOc1cc(/C=C2\C(=O)NC(=O)N(c3ccc(F)cc3)C2=O)c(Br)cc1OCC#N. The van der Waals surface area contributed by atoms with Crippen LogP contribution >= 0.6 is 15.9 Å². The number of urea groups is 1. The maximum absolute atomic E-state index is 13.2. The van der Waals surface area contributed by atoms with Crippen LogP contribution in [0, 0.1) is 17.1 Å². The Bertz CT molecular complexity index is 1130. The number of anilines is 1. The highest BCUT2D eigenvalue weighted by atomic mass is 79.9. The highest BCUT2D eigenvalue weighted by molar-refractivity contribution is 9.10. The van der Waals surface area contributed by atoms with Gasteiger partial charge in [-0.2, -0.15) is 5.26 Å². The minimum absolute atomic E-state index is 0.108. The van der Waals surface area contributed by atoms with Crippen molar-refractivity contribution in [2.45, 2.75) is 6.92 Å². The monoisotopic (exact) mass is 487 g/mol. The second-order valence-electron chi connectivity index (χ2n) is 6.13. The van der Waals surface area contributed by atoms with Gasteiger partial charge in [-0.15, -0.1) is 0 Å². The number of hydrogen-bond acceptors (Lipinski definition) is 6. The molecular weight excluding hydrogens is 473 g/mol. The minimum atomic E-state index is -0.937. The number of carbonyl (C=O) groups is 3. The van der Waals surface area contributed by atoms with Gasteiger partial charge in [0, 0.05) is 4.47 Å². The molecule has 0 bridgehead atoms. The second-order valence-corrected chi connectivity index (χ2v) is 6.99. The van der Waals surface area contributed by atoms with Crippen LogP contribution in [0.3, 0.4) is 0 Å². The van der Waals surface area contributed by atoms with Gasteiger partial charge in [0.05, 0.1) is 12.3 Å². The first kappa shape index (κ1) is 22.0. The number of amides is 4. The van der Waals surface area contributed by atoms with Gasteiger partial charge in [-0.05, 0) is 55.0 Å². The van der Waals surface area contributed by atoms with Crippen molar-refractivity contribution in [2.75, 3.05) is 18.1 Å².